The van der Waals surface area contributed by atoms with Crippen LogP contribution in [0.15, 0.2) is 47.2 Å². The van der Waals surface area contributed by atoms with E-state index in [2.05, 4.69) is 83.6 Å². The number of ether oxygens (including phenoxy) is 2. The number of rotatable bonds is 7. The average Bonchev–Trinajstić information content (AvgIpc) is 3.50. The Hall–Kier alpha value is -5.14. The number of hydrazine groups is 1. The number of nitriles is 1. The number of fused-ring (bicyclic) bond motifs is 6. The molecule has 0 radical (unpaired) electrons. The zero-order chi connectivity index (χ0) is 43.9. The number of hydrogen-bond donors (Lipinski definition) is 3. The molecular weight excluding hydrogens is 799 g/mol. The van der Waals surface area contributed by atoms with Crippen molar-refractivity contribution in [1.29, 1.82) is 5.26 Å². The smallest absolute Gasteiger partial charge is 0.324 e. The molecular formula is C48H59N9O6. The Morgan fingerprint density at radius 1 is 1.14 bits per heavy atom. The lowest BCUT2D eigenvalue weighted by Gasteiger charge is -2.59. The molecule has 3 aromatic heterocycles. The third-order valence-electron chi connectivity index (χ3n) is 15.2. The minimum absolute atomic E-state index is 0.0310. The Balaban J connectivity index is 1.14. The predicted molar refractivity (Wildman–Crippen MR) is 233 cm³/mol. The van der Waals surface area contributed by atoms with Gasteiger partial charge in [0.2, 0.25) is 11.8 Å². The Kier molecular flexibility index (Phi) is 10.5. The van der Waals surface area contributed by atoms with Gasteiger partial charge in [-0.15, -0.1) is 0 Å². The summed E-state index contributed by atoms with van der Waals surface area (Å²) in [5.74, 6) is -0.422. The lowest BCUT2D eigenvalue weighted by atomic mass is 9.78. The van der Waals surface area contributed by atoms with Crippen molar-refractivity contribution in [3.8, 4) is 28.6 Å². The van der Waals surface area contributed by atoms with Crippen LogP contribution < -0.4 is 16.1 Å². The number of aromatic nitrogens is 3. The highest BCUT2D eigenvalue weighted by Crippen LogP contribution is 2.49. The number of likely N-dealkylation sites (tertiary alicyclic amines) is 1. The molecule has 6 bridgehead atoms. The SMILES string of the molecule is CO[C@@H](C)c1ncccc1-c1c2c3cc(ccc3n1C1CC(C#N)C1)-c1coc(n1)[C@@H](N1CC3(CCN3)C1)[C@H](NC(=O)C1[C@@H](C)[C@H]1C)C(=O)N1CCC[C@H](N1)C(=O)OCC(C)(C)C2. The molecule has 15 heteroatoms. The normalized spacial score (nSPS) is 30.6. The van der Waals surface area contributed by atoms with Crippen molar-refractivity contribution >= 4 is 28.7 Å². The fourth-order valence-electron chi connectivity index (χ4n) is 10.9. The van der Waals surface area contributed by atoms with Gasteiger partial charge in [-0.1, -0.05) is 33.8 Å². The summed E-state index contributed by atoms with van der Waals surface area (Å²) in [6.07, 6.45) is 7.27. The third kappa shape index (κ3) is 7.32. The molecule has 332 valence electrons. The van der Waals surface area contributed by atoms with E-state index in [9.17, 15) is 19.6 Å². The van der Waals surface area contributed by atoms with Crippen molar-refractivity contribution in [2.45, 2.75) is 109 Å². The quantitative estimate of drug-likeness (QED) is 0.195. The van der Waals surface area contributed by atoms with E-state index in [1.807, 2.05) is 13.0 Å². The number of cyclic esters (lactones) is 1. The van der Waals surface area contributed by atoms with Gasteiger partial charge in [0.05, 0.1) is 36.1 Å². The molecule has 5 fully saturated rings. The number of carbonyl (C=O) groups excluding carboxylic acids is 3. The summed E-state index contributed by atoms with van der Waals surface area (Å²) in [6, 6.07) is 10.5. The second-order valence-corrected chi connectivity index (χ2v) is 20.1. The topological polar surface area (TPSA) is 180 Å². The molecule has 2 saturated carbocycles. The fraction of sp³-hybridized carbons (Fsp3) is 0.583. The fourth-order valence-corrected chi connectivity index (χ4v) is 10.9. The summed E-state index contributed by atoms with van der Waals surface area (Å²) in [7, 11) is 1.69. The van der Waals surface area contributed by atoms with Gasteiger partial charge < -0.3 is 29.1 Å². The molecule has 1 unspecified atom stereocenters. The van der Waals surface area contributed by atoms with Crippen LogP contribution in [0.3, 0.4) is 0 Å². The Morgan fingerprint density at radius 3 is 2.62 bits per heavy atom. The van der Waals surface area contributed by atoms with Crippen LogP contribution in [-0.4, -0.2) is 99.7 Å². The molecule has 3 N–H and O–H groups in total. The van der Waals surface area contributed by atoms with Crippen LogP contribution in [0.1, 0.15) is 102 Å². The highest BCUT2D eigenvalue weighted by molar-refractivity contribution is 5.95. The number of nitrogens with zero attached hydrogens (tertiary/aromatic N) is 6. The van der Waals surface area contributed by atoms with Crippen LogP contribution >= 0.6 is 0 Å². The first kappa shape index (κ1) is 41.8. The predicted octanol–water partition coefficient (Wildman–Crippen LogP) is 5.64. The molecule has 15 nitrogen and oxygen atoms in total. The van der Waals surface area contributed by atoms with Crippen molar-refractivity contribution in [3.63, 3.8) is 0 Å². The molecule has 1 aromatic carbocycles. The second kappa shape index (κ2) is 15.8. The summed E-state index contributed by atoms with van der Waals surface area (Å²) in [5.41, 5.74) is 8.98. The van der Waals surface area contributed by atoms with Crippen LogP contribution in [-0.2, 0) is 30.3 Å². The van der Waals surface area contributed by atoms with Gasteiger partial charge in [0.1, 0.15) is 30.1 Å². The molecule has 6 aliphatic rings. The molecule has 2 amide bonds. The van der Waals surface area contributed by atoms with Gasteiger partial charge in [-0.3, -0.25) is 29.3 Å². The number of hydrogen-bond acceptors (Lipinski definition) is 12. The van der Waals surface area contributed by atoms with Crippen LogP contribution in [0.2, 0.25) is 0 Å². The van der Waals surface area contributed by atoms with E-state index in [0.717, 1.165) is 64.8 Å². The van der Waals surface area contributed by atoms with Gasteiger partial charge in [0, 0.05) is 77.9 Å². The minimum Gasteiger partial charge on any atom is -0.464 e. The van der Waals surface area contributed by atoms with Crippen LogP contribution in [0.4, 0.5) is 0 Å². The number of amides is 2. The maximum atomic E-state index is 15.0. The van der Waals surface area contributed by atoms with E-state index in [0.29, 0.717) is 50.5 Å². The standard InChI is InChI=1S/C48H59N9O6/c1-26-27(2)38(26)43(58)53-40-42(55-23-48(24-55)13-15-51-48)44-52-36(22-62-44)30-11-12-37-33(19-30)34(20-47(4,5)25-63-46(60)35-10-8-16-56(54-35)45(40)59)41(57(37)31-17-29(18-31)21-49)32-9-7-14-50-39(32)28(3)61-6/h7,9,11-12,14,19,22,26-29,31,35,38,40,42,51,54H,8,10,13,15-18,20,23-25H2,1-6H3,(H,53,58)/t26-,27+,28-,29?,31?,35-,38?,40-,42-/m0/s1. The van der Waals surface area contributed by atoms with Crippen LogP contribution in [0.5, 0.6) is 0 Å². The molecule has 4 aromatic rings. The number of carbonyl (C=O) groups is 3. The monoisotopic (exact) mass is 857 g/mol. The van der Waals surface area contributed by atoms with Gasteiger partial charge in [0.25, 0.3) is 5.91 Å². The highest BCUT2D eigenvalue weighted by Gasteiger charge is 2.55. The first-order valence-electron chi connectivity index (χ1n) is 22.8. The Morgan fingerprint density at radius 2 is 1.92 bits per heavy atom. The molecule has 1 spiro atoms. The number of nitrogens with one attached hydrogen (secondary N) is 3. The minimum atomic E-state index is -1.05. The van der Waals surface area contributed by atoms with Crippen molar-refractivity contribution in [2.75, 3.05) is 39.9 Å². The number of pyridine rings is 1. The van der Waals surface area contributed by atoms with Crippen LogP contribution in [0, 0.1) is 40.4 Å². The van der Waals surface area contributed by atoms with Gasteiger partial charge >= 0.3 is 5.97 Å². The molecule has 7 heterocycles. The van der Waals surface area contributed by atoms with Gasteiger partial charge in [-0.25, -0.2) is 10.4 Å². The van der Waals surface area contributed by atoms with Crippen molar-refractivity contribution in [2.24, 2.45) is 29.1 Å². The van der Waals surface area contributed by atoms with E-state index in [1.165, 1.54) is 5.01 Å². The molecule has 10 rings (SSSR count). The maximum absolute atomic E-state index is 15.0. The highest BCUT2D eigenvalue weighted by atomic mass is 16.5. The average molecular weight is 858 g/mol. The lowest BCUT2D eigenvalue weighted by Crippen LogP contribution is -2.77. The van der Waals surface area contributed by atoms with Crippen LogP contribution in [0.25, 0.3) is 33.4 Å². The number of methoxy groups -OCH3 is 1. The molecule has 63 heavy (non-hydrogen) atoms. The zero-order valence-corrected chi connectivity index (χ0v) is 37.1. The van der Waals surface area contributed by atoms with E-state index < -0.39 is 29.5 Å². The molecule has 4 aliphatic heterocycles. The number of benzene rings is 1. The van der Waals surface area contributed by atoms with E-state index >= 15 is 0 Å². The second-order valence-electron chi connectivity index (χ2n) is 20.1. The summed E-state index contributed by atoms with van der Waals surface area (Å²) in [5, 5.41) is 19.2. The van der Waals surface area contributed by atoms with Gasteiger partial charge in [0.15, 0.2) is 0 Å². The summed E-state index contributed by atoms with van der Waals surface area (Å²) in [6.45, 7) is 13.1. The van der Waals surface area contributed by atoms with Crippen molar-refractivity contribution < 1.29 is 28.3 Å². The maximum Gasteiger partial charge on any atom is 0.324 e. The molecule has 2 aliphatic carbocycles. The molecule has 3 saturated heterocycles. The first-order chi connectivity index (χ1) is 30.3. The van der Waals surface area contributed by atoms with Gasteiger partial charge in [-0.05, 0) is 93.7 Å². The first-order valence-corrected chi connectivity index (χ1v) is 22.8. The Labute approximate surface area is 368 Å². The summed E-state index contributed by atoms with van der Waals surface area (Å²) < 4.78 is 20.9. The van der Waals surface area contributed by atoms with E-state index in [-0.39, 0.29) is 59.8 Å². The van der Waals surface area contributed by atoms with E-state index in [1.54, 1.807) is 19.6 Å². The largest absolute Gasteiger partial charge is 0.464 e. The number of oxazole rings is 1. The zero-order valence-electron chi connectivity index (χ0n) is 37.1. The van der Waals surface area contributed by atoms with Gasteiger partial charge in [-0.2, -0.15) is 5.26 Å². The summed E-state index contributed by atoms with van der Waals surface area (Å²) >= 11 is 0. The van der Waals surface area contributed by atoms with E-state index in [4.69, 9.17) is 23.9 Å². The number of esters is 1. The van der Waals surface area contributed by atoms with Crippen molar-refractivity contribution in [1.82, 2.24) is 40.5 Å². The Bertz CT molecular complexity index is 2480. The lowest BCUT2D eigenvalue weighted by molar-refractivity contribution is -0.157. The van der Waals surface area contributed by atoms with Crippen molar-refractivity contribution in [3.05, 3.63) is 59.9 Å². The third-order valence-corrected chi connectivity index (χ3v) is 15.2. The summed E-state index contributed by atoms with van der Waals surface area (Å²) in [4.78, 5) is 55.3. The molecule has 7 atom stereocenters.